The van der Waals surface area contributed by atoms with Gasteiger partial charge in [-0.25, -0.2) is 0 Å². The highest BCUT2D eigenvalue weighted by atomic mass is 35.5. The average Bonchev–Trinajstić information content (AvgIpc) is 2.19. The van der Waals surface area contributed by atoms with Crippen molar-refractivity contribution in [2.24, 2.45) is 11.8 Å². The van der Waals surface area contributed by atoms with E-state index in [0.29, 0.717) is 17.7 Å². The van der Waals surface area contributed by atoms with E-state index in [-0.39, 0.29) is 0 Å². The lowest BCUT2D eigenvalue weighted by molar-refractivity contribution is 0.370. The molecule has 0 aromatic rings. The summed E-state index contributed by atoms with van der Waals surface area (Å²) >= 11 is 11.6. The lowest BCUT2D eigenvalue weighted by Crippen LogP contribution is -2.11. The second-order valence-electron chi connectivity index (χ2n) is 3.83. The van der Waals surface area contributed by atoms with E-state index < -0.39 is 0 Å². The molecule has 0 spiro atoms. The Labute approximate surface area is 93.0 Å². The molecule has 0 N–H and O–H groups in total. The van der Waals surface area contributed by atoms with Gasteiger partial charge in [0.05, 0.1) is 0 Å². The average molecular weight is 225 g/mol. The molecular weight excluding hydrogens is 203 g/mol. The maximum Gasteiger partial charge on any atom is 0.0263 e. The molecule has 0 aliphatic heterocycles. The lowest BCUT2D eigenvalue weighted by Gasteiger charge is -2.18. The predicted molar refractivity (Wildman–Crippen MR) is 62.9 cm³/mol. The van der Waals surface area contributed by atoms with Crippen molar-refractivity contribution in [1.29, 1.82) is 0 Å². The van der Waals surface area contributed by atoms with Crippen LogP contribution in [-0.4, -0.2) is 11.8 Å². The highest BCUT2D eigenvalue weighted by molar-refractivity contribution is 6.20. The maximum absolute atomic E-state index is 5.82. The summed E-state index contributed by atoms with van der Waals surface area (Å²) in [5, 5.41) is 0. The standard InChI is InChI=1S/C11H22Cl2/c1-3-5-6-10(4-2)7-11(8-12)9-13/h10-11H,3-9H2,1-2H3. The second-order valence-corrected chi connectivity index (χ2v) is 4.44. The van der Waals surface area contributed by atoms with E-state index in [1.807, 2.05) is 0 Å². The monoisotopic (exact) mass is 224 g/mol. The number of hydrogen-bond acceptors (Lipinski definition) is 0. The summed E-state index contributed by atoms with van der Waals surface area (Å²) in [6, 6.07) is 0. The molecule has 0 aliphatic rings. The van der Waals surface area contributed by atoms with Crippen LogP contribution < -0.4 is 0 Å². The number of hydrogen-bond donors (Lipinski definition) is 0. The molecule has 13 heavy (non-hydrogen) atoms. The quantitative estimate of drug-likeness (QED) is 0.526. The van der Waals surface area contributed by atoms with Gasteiger partial charge in [-0.05, 0) is 18.3 Å². The number of rotatable bonds is 8. The summed E-state index contributed by atoms with van der Waals surface area (Å²) in [5.74, 6) is 2.78. The van der Waals surface area contributed by atoms with Crippen molar-refractivity contribution in [1.82, 2.24) is 0 Å². The molecule has 0 nitrogen and oxygen atoms in total. The summed E-state index contributed by atoms with van der Waals surface area (Å²) in [6.45, 7) is 4.51. The third kappa shape index (κ3) is 6.62. The van der Waals surface area contributed by atoms with Crippen LogP contribution in [0.15, 0.2) is 0 Å². The van der Waals surface area contributed by atoms with Gasteiger partial charge in [-0.2, -0.15) is 0 Å². The molecule has 0 bridgehead atoms. The summed E-state index contributed by atoms with van der Waals surface area (Å²) in [5.41, 5.74) is 0. The van der Waals surface area contributed by atoms with Crippen LogP contribution in [0.25, 0.3) is 0 Å². The van der Waals surface area contributed by atoms with Gasteiger partial charge < -0.3 is 0 Å². The van der Waals surface area contributed by atoms with Crippen molar-refractivity contribution >= 4 is 23.2 Å². The van der Waals surface area contributed by atoms with Gasteiger partial charge >= 0.3 is 0 Å². The fraction of sp³-hybridized carbons (Fsp3) is 1.00. The van der Waals surface area contributed by atoms with Gasteiger partial charge in [0.1, 0.15) is 0 Å². The van der Waals surface area contributed by atoms with Crippen molar-refractivity contribution in [2.75, 3.05) is 11.8 Å². The molecule has 0 aliphatic carbocycles. The molecule has 0 amide bonds. The van der Waals surface area contributed by atoms with E-state index >= 15 is 0 Å². The Bertz CT molecular complexity index is 100. The van der Waals surface area contributed by atoms with Crippen molar-refractivity contribution < 1.29 is 0 Å². The topological polar surface area (TPSA) is 0 Å². The lowest BCUT2D eigenvalue weighted by atomic mass is 9.90. The largest absolute Gasteiger partial charge is 0.126 e. The van der Waals surface area contributed by atoms with Gasteiger partial charge in [0.2, 0.25) is 0 Å². The zero-order valence-electron chi connectivity index (χ0n) is 8.86. The van der Waals surface area contributed by atoms with E-state index in [1.165, 1.54) is 32.1 Å². The zero-order valence-corrected chi connectivity index (χ0v) is 10.4. The van der Waals surface area contributed by atoms with Crippen molar-refractivity contribution in [3.05, 3.63) is 0 Å². The minimum Gasteiger partial charge on any atom is -0.126 e. The molecule has 2 heteroatoms. The molecule has 0 saturated heterocycles. The Morgan fingerprint density at radius 2 is 1.62 bits per heavy atom. The molecule has 1 unspecified atom stereocenters. The minimum absolute atomic E-state index is 0.519. The van der Waals surface area contributed by atoms with E-state index in [0.717, 1.165) is 5.92 Å². The van der Waals surface area contributed by atoms with Crippen molar-refractivity contribution in [3.63, 3.8) is 0 Å². The first-order valence-corrected chi connectivity index (χ1v) is 6.47. The first-order valence-electron chi connectivity index (χ1n) is 5.40. The fourth-order valence-electron chi connectivity index (χ4n) is 1.62. The van der Waals surface area contributed by atoms with E-state index in [4.69, 9.17) is 23.2 Å². The smallest absolute Gasteiger partial charge is 0.0263 e. The summed E-state index contributed by atoms with van der Waals surface area (Å²) < 4.78 is 0. The Morgan fingerprint density at radius 1 is 1.00 bits per heavy atom. The first kappa shape index (κ1) is 13.6. The molecule has 80 valence electrons. The van der Waals surface area contributed by atoms with Crippen molar-refractivity contribution in [3.8, 4) is 0 Å². The molecule has 1 atom stereocenters. The van der Waals surface area contributed by atoms with E-state index in [9.17, 15) is 0 Å². The van der Waals surface area contributed by atoms with Crippen LogP contribution >= 0.6 is 23.2 Å². The third-order valence-electron chi connectivity index (χ3n) is 2.65. The third-order valence-corrected chi connectivity index (χ3v) is 3.52. The predicted octanol–water partition coefficient (Wildman–Crippen LogP) is 4.69. The molecule has 0 rings (SSSR count). The molecule has 0 heterocycles. The van der Waals surface area contributed by atoms with Crippen LogP contribution in [0.2, 0.25) is 0 Å². The highest BCUT2D eigenvalue weighted by Crippen LogP contribution is 2.23. The fourth-order valence-corrected chi connectivity index (χ4v) is 2.20. The molecule has 0 aromatic carbocycles. The highest BCUT2D eigenvalue weighted by Gasteiger charge is 2.13. The van der Waals surface area contributed by atoms with Crippen LogP contribution in [0.3, 0.4) is 0 Å². The van der Waals surface area contributed by atoms with Crippen molar-refractivity contribution in [2.45, 2.75) is 46.0 Å². The number of unbranched alkanes of at least 4 members (excludes halogenated alkanes) is 1. The number of halogens is 2. The molecule has 0 fully saturated rings. The Hall–Kier alpha value is 0.580. The van der Waals surface area contributed by atoms with Crippen LogP contribution in [0.1, 0.15) is 46.0 Å². The van der Waals surface area contributed by atoms with Gasteiger partial charge in [-0.3, -0.25) is 0 Å². The van der Waals surface area contributed by atoms with Crippen LogP contribution in [-0.2, 0) is 0 Å². The van der Waals surface area contributed by atoms with E-state index in [1.54, 1.807) is 0 Å². The normalized spacial score (nSPS) is 13.6. The van der Waals surface area contributed by atoms with Crippen LogP contribution in [0, 0.1) is 11.8 Å². The van der Waals surface area contributed by atoms with Gasteiger partial charge in [-0.1, -0.05) is 39.5 Å². The van der Waals surface area contributed by atoms with Gasteiger partial charge in [0.25, 0.3) is 0 Å². The van der Waals surface area contributed by atoms with Gasteiger partial charge in [0, 0.05) is 11.8 Å². The van der Waals surface area contributed by atoms with Crippen LogP contribution in [0.5, 0.6) is 0 Å². The Balaban J connectivity index is 3.67. The van der Waals surface area contributed by atoms with Crippen LogP contribution in [0.4, 0.5) is 0 Å². The van der Waals surface area contributed by atoms with Gasteiger partial charge in [-0.15, -0.1) is 23.2 Å². The first-order chi connectivity index (χ1) is 6.28. The molecule has 0 radical (unpaired) electrons. The minimum atomic E-state index is 0.519. The van der Waals surface area contributed by atoms with Gasteiger partial charge in [0.15, 0.2) is 0 Å². The molecule has 0 saturated carbocycles. The maximum atomic E-state index is 5.82. The summed E-state index contributed by atoms with van der Waals surface area (Å²) in [6.07, 6.45) is 6.46. The van der Waals surface area contributed by atoms with E-state index in [2.05, 4.69) is 13.8 Å². The second kappa shape index (κ2) is 9.15. The molecular formula is C11H22Cl2. The Kier molecular flexibility index (Phi) is 9.56. The summed E-state index contributed by atoms with van der Waals surface area (Å²) in [7, 11) is 0. The number of alkyl halides is 2. The molecule has 0 aromatic heterocycles. The summed E-state index contributed by atoms with van der Waals surface area (Å²) in [4.78, 5) is 0. The SMILES string of the molecule is CCCCC(CC)CC(CCl)CCl. The zero-order chi connectivity index (χ0) is 10.1. The Morgan fingerprint density at radius 3 is 2.00 bits per heavy atom.